The average molecular weight is 507 g/mol. The van der Waals surface area contributed by atoms with E-state index in [0.29, 0.717) is 61.3 Å². The average Bonchev–Trinajstić information content (AvgIpc) is 3.26. The number of carboxylic acid groups (broad SMARTS) is 1. The summed E-state index contributed by atoms with van der Waals surface area (Å²) in [6.45, 7) is 2.57. The van der Waals surface area contributed by atoms with Crippen LogP contribution in [0.2, 0.25) is 0 Å². The lowest BCUT2D eigenvalue weighted by Gasteiger charge is -2.32. The number of nitrogens with zero attached hydrogens (tertiary/aromatic N) is 6. The van der Waals surface area contributed by atoms with Gasteiger partial charge in [0.15, 0.2) is 17.4 Å². The number of amides is 1. The Morgan fingerprint density at radius 1 is 1.25 bits per heavy atom. The van der Waals surface area contributed by atoms with Gasteiger partial charge >= 0.3 is 12.5 Å². The van der Waals surface area contributed by atoms with Crippen molar-refractivity contribution in [3.05, 3.63) is 24.3 Å². The zero-order valence-electron chi connectivity index (χ0n) is 19.3. The van der Waals surface area contributed by atoms with Gasteiger partial charge in [0.25, 0.3) is 0 Å². The summed E-state index contributed by atoms with van der Waals surface area (Å²) in [5, 5.41) is 25.6. The summed E-state index contributed by atoms with van der Waals surface area (Å²) in [6, 6.07) is 5.46. The molecule has 1 saturated heterocycles. The van der Waals surface area contributed by atoms with Gasteiger partial charge < -0.3 is 29.7 Å². The number of rotatable bonds is 5. The van der Waals surface area contributed by atoms with Crippen LogP contribution in [0.25, 0.3) is 17.0 Å². The van der Waals surface area contributed by atoms with Gasteiger partial charge in [-0.15, -0.1) is 28.5 Å². The minimum Gasteiger partial charge on any atom is -0.486 e. The number of benzene rings is 1. The van der Waals surface area contributed by atoms with Crippen LogP contribution < -0.4 is 19.7 Å². The van der Waals surface area contributed by atoms with Crippen molar-refractivity contribution in [1.29, 1.82) is 0 Å². The second kappa shape index (κ2) is 9.24. The fourth-order valence-corrected chi connectivity index (χ4v) is 4.46. The smallest absolute Gasteiger partial charge is 0.486 e. The number of nitrogens with one attached hydrogen (secondary N) is 1. The van der Waals surface area contributed by atoms with Crippen molar-refractivity contribution in [3.8, 4) is 22.9 Å². The van der Waals surface area contributed by atoms with Gasteiger partial charge in [-0.2, -0.15) is 4.52 Å². The first-order chi connectivity index (χ1) is 17.2. The Labute approximate surface area is 203 Å². The normalized spacial score (nSPS) is 16.6. The Bertz CT molecular complexity index is 1270. The topological polar surface area (TPSA) is 117 Å². The summed E-state index contributed by atoms with van der Waals surface area (Å²) in [5.74, 6) is 1.10. The summed E-state index contributed by atoms with van der Waals surface area (Å²) in [5.41, 5.74) is 1.40. The molecule has 1 fully saturated rings. The predicted molar refractivity (Wildman–Crippen MR) is 122 cm³/mol. The molecule has 2 aliphatic heterocycles. The van der Waals surface area contributed by atoms with E-state index >= 15 is 0 Å². The predicted octanol–water partition coefficient (Wildman–Crippen LogP) is 3.32. The lowest BCUT2D eigenvalue weighted by Crippen LogP contribution is -2.39. The maximum atomic E-state index is 12.7. The summed E-state index contributed by atoms with van der Waals surface area (Å²) < 4.78 is 49.6. The Kier molecular flexibility index (Phi) is 6.10. The van der Waals surface area contributed by atoms with Crippen LogP contribution in [-0.2, 0) is 0 Å². The maximum absolute atomic E-state index is 12.7. The molecule has 192 valence electrons. The standard InChI is InChI=1S/C22H24F3N7O4/c1-30-9-10-35-17-16(30)18(26-12-13-5-7-31(8-6-13)21(33)34)29-32-19(27-28-20(17)32)14-3-2-4-15(11-14)36-22(23,24)25/h2-4,11,13H,5-10,12H2,1H3,(H,26,29)(H,33,34). The van der Waals surface area contributed by atoms with Gasteiger partial charge in [-0.25, -0.2) is 4.79 Å². The number of halogens is 3. The van der Waals surface area contributed by atoms with Crippen LogP contribution >= 0.6 is 0 Å². The molecule has 11 nitrogen and oxygen atoms in total. The van der Waals surface area contributed by atoms with E-state index in [1.54, 1.807) is 6.07 Å². The first kappa shape index (κ1) is 23.8. The Morgan fingerprint density at radius 3 is 2.75 bits per heavy atom. The number of hydrogen-bond acceptors (Lipinski definition) is 8. The van der Waals surface area contributed by atoms with Crippen molar-refractivity contribution in [1.82, 2.24) is 24.7 Å². The van der Waals surface area contributed by atoms with Crippen LogP contribution in [0.1, 0.15) is 12.8 Å². The number of ether oxygens (including phenoxy) is 2. The molecule has 14 heteroatoms. The van der Waals surface area contributed by atoms with Gasteiger partial charge in [0.05, 0.1) is 6.54 Å². The molecule has 0 bridgehead atoms. The fourth-order valence-electron chi connectivity index (χ4n) is 4.46. The minimum atomic E-state index is -4.82. The number of fused-ring (bicyclic) bond motifs is 3. The molecule has 0 saturated carbocycles. The zero-order valence-corrected chi connectivity index (χ0v) is 19.3. The van der Waals surface area contributed by atoms with E-state index in [1.165, 1.54) is 27.6 Å². The van der Waals surface area contributed by atoms with E-state index in [9.17, 15) is 18.0 Å². The highest BCUT2D eigenvalue weighted by atomic mass is 19.4. The maximum Gasteiger partial charge on any atom is 0.573 e. The zero-order chi connectivity index (χ0) is 25.4. The number of likely N-dealkylation sites (N-methyl/N-ethyl adjacent to an activating group) is 1. The highest BCUT2D eigenvalue weighted by Crippen LogP contribution is 2.40. The summed E-state index contributed by atoms with van der Waals surface area (Å²) in [7, 11) is 1.91. The van der Waals surface area contributed by atoms with Gasteiger partial charge in [0.2, 0.25) is 5.65 Å². The van der Waals surface area contributed by atoms with Gasteiger partial charge in [-0.1, -0.05) is 12.1 Å². The van der Waals surface area contributed by atoms with E-state index in [1.807, 2.05) is 11.9 Å². The molecule has 2 aromatic heterocycles. The van der Waals surface area contributed by atoms with E-state index in [4.69, 9.17) is 14.9 Å². The lowest BCUT2D eigenvalue weighted by atomic mass is 9.97. The first-order valence-corrected chi connectivity index (χ1v) is 11.4. The van der Waals surface area contributed by atoms with Crippen LogP contribution in [0, 0.1) is 5.92 Å². The number of likely N-dealkylation sites (tertiary alicyclic amines) is 1. The number of anilines is 2. The van der Waals surface area contributed by atoms with E-state index in [2.05, 4.69) is 20.3 Å². The number of alkyl halides is 3. The van der Waals surface area contributed by atoms with Crippen LogP contribution in [0.3, 0.4) is 0 Å². The molecule has 0 radical (unpaired) electrons. The highest BCUT2D eigenvalue weighted by molar-refractivity contribution is 5.82. The molecule has 4 heterocycles. The van der Waals surface area contributed by atoms with Crippen LogP contribution in [0.4, 0.5) is 29.5 Å². The molecule has 0 spiro atoms. The number of carbonyl (C=O) groups is 1. The van der Waals surface area contributed by atoms with E-state index < -0.39 is 12.5 Å². The summed E-state index contributed by atoms with van der Waals surface area (Å²) in [6.07, 6.45) is -4.29. The molecule has 0 aliphatic carbocycles. The van der Waals surface area contributed by atoms with Crippen LogP contribution in [0.5, 0.6) is 11.5 Å². The Balaban J connectivity index is 1.47. The van der Waals surface area contributed by atoms with Crippen molar-refractivity contribution < 1.29 is 32.5 Å². The number of piperidine rings is 1. The highest BCUT2D eigenvalue weighted by Gasteiger charge is 2.32. The van der Waals surface area contributed by atoms with Gasteiger partial charge in [0, 0.05) is 32.2 Å². The fraction of sp³-hybridized carbons (Fsp3) is 0.455. The summed E-state index contributed by atoms with van der Waals surface area (Å²) >= 11 is 0. The molecule has 0 atom stereocenters. The third kappa shape index (κ3) is 4.75. The van der Waals surface area contributed by atoms with Crippen LogP contribution in [-0.4, -0.2) is 82.1 Å². The molecule has 1 amide bonds. The molecule has 0 unspecified atom stereocenters. The number of aromatic nitrogens is 4. The quantitative estimate of drug-likeness (QED) is 0.536. The van der Waals surface area contributed by atoms with Gasteiger partial charge in [-0.3, -0.25) is 0 Å². The van der Waals surface area contributed by atoms with Gasteiger partial charge in [0.1, 0.15) is 18.0 Å². The molecule has 5 rings (SSSR count). The third-order valence-corrected chi connectivity index (χ3v) is 6.31. The second-order valence-corrected chi connectivity index (χ2v) is 8.72. The number of hydrogen-bond donors (Lipinski definition) is 2. The van der Waals surface area contributed by atoms with Crippen LogP contribution in [0.15, 0.2) is 24.3 Å². The minimum absolute atomic E-state index is 0.232. The van der Waals surface area contributed by atoms with Gasteiger partial charge in [-0.05, 0) is 30.9 Å². The Hall–Kier alpha value is -3.97. The molecule has 2 aliphatic rings. The van der Waals surface area contributed by atoms with E-state index in [-0.39, 0.29) is 17.5 Å². The van der Waals surface area contributed by atoms with Crippen molar-refractivity contribution in [3.63, 3.8) is 0 Å². The lowest BCUT2D eigenvalue weighted by molar-refractivity contribution is -0.274. The third-order valence-electron chi connectivity index (χ3n) is 6.31. The largest absolute Gasteiger partial charge is 0.573 e. The SMILES string of the molecule is CN1CCOc2c1c(NCC1CCN(C(=O)O)CC1)nn1c(-c3cccc(OC(F)(F)F)c3)nnc21. The van der Waals surface area contributed by atoms with Crippen molar-refractivity contribution in [2.24, 2.45) is 5.92 Å². The molecule has 1 aromatic carbocycles. The second-order valence-electron chi connectivity index (χ2n) is 8.72. The molecule has 3 aromatic rings. The molecular weight excluding hydrogens is 483 g/mol. The van der Waals surface area contributed by atoms with Crippen molar-refractivity contribution in [2.75, 3.05) is 50.1 Å². The molecular formula is C22H24F3N7O4. The Morgan fingerprint density at radius 2 is 2.03 bits per heavy atom. The summed E-state index contributed by atoms with van der Waals surface area (Å²) in [4.78, 5) is 14.6. The first-order valence-electron chi connectivity index (χ1n) is 11.4. The van der Waals surface area contributed by atoms with Crippen molar-refractivity contribution in [2.45, 2.75) is 19.2 Å². The monoisotopic (exact) mass is 507 g/mol. The van der Waals surface area contributed by atoms with E-state index in [0.717, 1.165) is 12.8 Å². The molecule has 2 N–H and O–H groups in total. The van der Waals surface area contributed by atoms with Crippen molar-refractivity contribution >= 4 is 23.2 Å². The molecule has 36 heavy (non-hydrogen) atoms.